The molecule has 0 radical (unpaired) electrons. The third kappa shape index (κ3) is 4.89. The molecule has 1 fully saturated rings. The smallest absolute Gasteiger partial charge is 0.263 e. The Morgan fingerprint density at radius 1 is 1.32 bits per heavy atom. The second-order valence-electron chi connectivity index (χ2n) is 6.12. The van der Waals surface area contributed by atoms with Gasteiger partial charge in [0.1, 0.15) is 5.75 Å². The van der Waals surface area contributed by atoms with Crippen LogP contribution in [0.1, 0.15) is 32.3 Å². The van der Waals surface area contributed by atoms with Crippen LogP contribution in [-0.2, 0) is 4.79 Å². The first-order valence-electron chi connectivity index (χ1n) is 7.75. The third-order valence-corrected chi connectivity index (χ3v) is 4.19. The molecule has 124 valence electrons. The fourth-order valence-corrected chi connectivity index (χ4v) is 2.77. The predicted octanol–water partition coefficient (Wildman–Crippen LogP) is 2.77. The summed E-state index contributed by atoms with van der Waals surface area (Å²) in [5.74, 6) is 1.19. The molecule has 3 atom stereocenters. The van der Waals surface area contributed by atoms with Gasteiger partial charge < -0.3 is 15.4 Å². The first-order chi connectivity index (χ1) is 9.97. The van der Waals surface area contributed by atoms with Gasteiger partial charge in [0.15, 0.2) is 6.10 Å². The molecule has 1 aromatic rings. The van der Waals surface area contributed by atoms with E-state index in [1.54, 1.807) is 0 Å². The van der Waals surface area contributed by atoms with Crippen LogP contribution >= 0.6 is 12.4 Å². The molecule has 0 aromatic heterocycles. The summed E-state index contributed by atoms with van der Waals surface area (Å²) >= 11 is 0. The summed E-state index contributed by atoms with van der Waals surface area (Å²) in [5.41, 5.74) is 7.15. The maximum Gasteiger partial charge on any atom is 0.263 e. The zero-order chi connectivity index (χ0) is 15.4. The highest BCUT2D eigenvalue weighted by Gasteiger charge is 2.29. The number of benzene rings is 1. The van der Waals surface area contributed by atoms with Crippen LogP contribution in [0.2, 0.25) is 0 Å². The quantitative estimate of drug-likeness (QED) is 0.925. The number of carbonyl (C=O) groups excluding carboxylic acids is 1. The van der Waals surface area contributed by atoms with E-state index in [4.69, 9.17) is 10.5 Å². The molecule has 5 heteroatoms. The molecule has 1 aromatic carbocycles. The Kier molecular flexibility index (Phi) is 7.17. The van der Waals surface area contributed by atoms with Crippen molar-refractivity contribution in [3.63, 3.8) is 0 Å². The third-order valence-electron chi connectivity index (χ3n) is 4.19. The first kappa shape index (κ1) is 18.8. The Morgan fingerprint density at radius 2 is 1.95 bits per heavy atom. The van der Waals surface area contributed by atoms with Crippen LogP contribution in [0.15, 0.2) is 24.3 Å². The van der Waals surface area contributed by atoms with Crippen molar-refractivity contribution in [2.24, 2.45) is 11.7 Å². The highest BCUT2D eigenvalue weighted by Crippen LogP contribution is 2.20. The van der Waals surface area contributed by atoms with Crippen LogP contribution in [0.4, 0.5) is 0 Å². The van der Waals surface area contributed by atoms with Crippen molar-refractivity contribution < 1.29 is 9.53 Å². The van der Waals surface area contributed by atoms with Crippen molar-refractivity contribution in [1.29, 1.82) is 0 Å². The maximum atomic E-state index is 12.5. The van der Waals surface area contributed by atoms with Gasteiger partial charge in [-0.15, -0.1) is 12.4 Å². The monoisotopic (exact) mass is 326 g/mol. The van der Waals surface area contributed by atoms with E-state index in [9.17, 15) is 4.79 Å². The summed E-state index contributed by atoms with van der Waals surface area (Å²) in [4.78, 5) is 14.4. The number of amides is 1. The van der Waals surface area contributed by atoms with Crippen LogP contribution in [-0.4, -0.2) is 36.0 Å². The largest absolute Gasteiger partial charge is 0.481 e. The second-order valence-corrected chi connectivity index (χ2v) is 6.12. The SMILES string of the molecule is Cc1ccc(OC(C)C(=O)N2CCCC(C(C)N)C2)cc1.Cl. The Hall–Kier alpha value is -1.26. The van der Waals surface area contributed by atoms with E-state index < -0.39 is 6.10 Å². The van der Waals surface area contributed by atoms with Crippen LogP contribution in [0.5, 0.6) is 5.75 Å². The number of aryl methyl sites for hydroxylation is 1. The van der Waals surface area contributed by atoms with E-state index in [-0.39, 0.29) is 24.4 Å². The predicted molar refractivity (Wildman–Crippen MR) is 91.5 cm³/mol. The lowest BCUT2D eigenvalue weighted by Crippen LogP contribution is -2.48. The molecule has 22 heavy (non-hydrogen) atoms. The van der Waals surface area contributed by atoms with Gasteiger partial charge in [0.25, 0.3) is 5.91 Å². The Morgan fingerprint density at radius 3 is 2.55 bits per heavy atom. The Labute approximate surface area is 139 Å². The molecular weight excluding hydrogens is 300 g/mol. The van der Waals surface area contributed by atoms with E-state index in [1.165, 1.54) is 5.56 Å². The van der Waals surface area contributed by atoms with Crippen molar-refractivity contribution in [2.75, 3.05) is 13.1 Å². The lowest BCUT2D eigenvalue weighted by molar-refractivity contribution is -0.139. The van der Waals surface area contributed by atoms with E-state index in [1.807, 2.05) is 49.9 Å². The summed E-state index contributed by atoms with van der Waals surface area (Å²) < 4.78 is 5.76. The number of hydrogen-bond donors (Lipinski definition) is 1. The lowest BCUT2D eigenvalue weighted by Gasteiger charge is -2.35. The second kappa shape index (κ2) is 8.39. The fourth-order valence-electron chi connectivity index (χ4n) is 2.77. The molecular formula is C17H27ClN2O2. The highest BCUT2D eigenvalue weighted by molar-refractivity contribution is 5.85. The summed E-state index contributed by atoms with van der Waals surface area (Å²) in [7, 11) is 0. The summed E-state index contributed by atoms with van der Waals surface area (Å²) in [6.07, 6.45) is 1.67. The number of carbonyl (C=O) groups is 1. The molecule has 4 nitrogen and oxygen atoms in total. The van der Waals surface area contributed by atoms with Crippen molar-refractivity contribution >= 4 is 18.3 Å². The minimum absolute atomic E-state index is 0. The molecule has 1 aliphatic heterocycles. The van der Waals surface area contributed by atoms with E-state index in [0.29, 0.717) is 5.92 Å². The molecule has 0 aliphatic carbocycles. The van der Waals surface area contributed by atoms with Gasteiger partial charge in [-0.25, -0.2) is 0 Å². The average Bonchev–Trinajstić information content (AvgIpc) is 2.49. The molecule has 3 unspecified atom stereocenters. The van der Waals surface area contributed by atoms with Crippen molar-refractivity contribution in [3.05, 3.63) is 29.8 Å². The number of likely N-dealkylation sites (tertiary alicyclic amines) is 1. The number of halogens is 1. The van der Waals surface area contributed by atoms with Gasteiger partial charge in [-0.05, 0) is 51.7 Å². The number of hydrogen-bond acceptors (Lipinski definition) is 3. The molecule has 1 saturated heterocycles. The molecule has 2 rings (SSSR count). The van der Waals surface area contributed by atoms with Gasteiger partial charge in [0.2, 0.25) is 0 Å². The minimum atomic E-state index is -0.459. The van der Waals surface area contributed by atoms with Crippen LogP contribution in [0, 0.1) is 12.8 Å². The average molecular weight is 327 g/mol. The topological polar surface area (TPSA) is 55.6 Å². The van der Waals surface area contributed by atoms with Crippen LogP contribution in [0.3, 0.4) is 0 Å². The maximum absolute atomic E-state index is 12.5. The Balaban J connectivity index is 0.00000242. The standard InChI is InChI=1S/C17H26N2O2.ClH/c1-12-6-8-16(9-7-12)21-14(3)17(20)19-10-4-5-15(11-19)13(2)18;/h6-9,13-15H,4-5,10-11,18H2,1-3H3;1H. The highest BCUT2D eigenvalue weighted by atomic mass is 35.5. The van der Waals surface area contributed by atoms with Gasteiger partial charge >= 0.3 is 0 Å². The normalized spacial score (nSPS) is 20.7. The minimum Gasteiger partial charge on any atom is -0.481 e. The van der Waals surface area contributed by atoms with Crippen LogP contribution in [0.25, 0.3) is 0 Å². The van der Waals surface area contributed by atoms with E-state index in [2.05, 4.69) is 0 Å². The molecule has 1 aliphatic rings. The van der Waals surface area contributed by atoms with Gasteiger partial charge in [0.05, 0.1) is 0 Å². The first-order valence-corrected chi connectivity index (χ1v) is 7.75. The Bertz CT molecular complexity index is 476. The molecule has 0 spiro atoms. The van der Waals surface area contributed by atoms with Crippen molar-refractivity contribution in [2.45, 2.75) is 45.8 Å². The van der Waals surface area contributed by atoms with Crippen molar-refractivity contribution in [3.8, 4) is 5.75 Å². The van der Waals surface area contributed by atoms with Gasteiger partial charge in [0, 0.05) is 19.1 Å². The number of nitrogens with zero attached hydrogens (tertiary/aromatic N) is 1. The zero-order valence-electron chi connectivity index (χ0n) is 13.6. The molecule has 1 amide bonds. The van der Waals surface area contributed by atoms with Crippen LogP contribution < -0.4 is 10.5 Å². The van der Waals surface area contributed by atoms with E-state index in [0.717, 1.165) is 31.7 Å². The number of piperidine rings is 1. The van der Waals surface area contributed by atoms with Gasteiger partial charge in [-0.3, -0.25) is 4.79 Å². The summed E-state index contributed by atoms with van der Waals surface area (Å²) in [6.45, 7) is 7.42. The molecule has 1 heterocycles. The van der Waals surface area contributed by atoms with Crippen molar-refractivity contribution in [1.82, 2.24) is 4.90 Å². The zero-order valence-corrected chi connectivity index (χ0v) is 14.4. The van der Waals surface area contributed by atoms with E-state index >= 15 is 0 Å². The number of ether oxygens (including phenoxy) is 1. The van der Waals surface area contributed by atoms with Gasteiger partial charge in [-0.1, -0.05) is 17.7 Å². The lowest BCUT2D eigenvalue weighted by atomic mass is 9.92. The number of rotatable bonds is 4. The van der Waals surface area contributed by atoms with Gasteiger partial charge in [-0.2, -0.15) is 0 Å². The number of nitrogens with two attached hydrogens (primary N) is 1. The molecule has 0 saturated carbocycles. The summed E-state index contributed by atoms with van der Waals surface area (Å²) in [6, 6.07) is 7.91. The molecule has 2 N–H and O–H groups in total. The fraction of sp³-hybridized carbons (Fsp3) is 0.588. The molecule has 0 bridgehead atoms. The summed E-state index contributed by atoms with van der Waals surface area (Å²) in [5, 5.41) is 0.